The van der Waals surface area contributed by atoms with E-state index in [1.807, 2.05) is 4.57 Å². The number of nitrogen functional groups attached to an aromatic ring is 1. The molecule has 8 nitrogen and oxygen atoms in total. The van der Waals surface area contributed by atoms with E-state index in [1.54, 1.807) is 7.11 Å². The second-order valence-corrected chi connectivity index (χ2v) is 6.74. The standard InChI is InChI=1S/C18H29N5O3/c1-3-4-11-26-17-21-15(19)14-16(22-17)23(18(20-14)24-2)9-5-7-13-8-6-10-25-12-13/h13H,3-12H2,1-2H3,(H2,19,21,22). The van der Waals surface area contributed by atoms with E-state index in [0.29, 0.717) is 41.5 Å². The number of unbranched alkanes of at least 4 members (excludes halogenated alkanes) is 1. The quantitative estimate of drug-likeness (QED) is 0.684. The third kappa shape index (κ3) is 4.35. The molecule has 0 radical (unpaired) electrons. The molecule has 2 aromatic rings. The molecule has 0 bridgehead atoms. The summed E-state index contributed by atoms with van der Waals surface area (Å²) in [6.07, 6.45) is 6.52. The lowest BCUT2D eigenvalue weighted by Crippen LogP contribution is -2.17. The molecule has 144 valence electrons. The van der Waals surface area contributed by atoms with Gasteiger partial charge in [0.1, 0.15) is 0 Å². The average Bonchev–Trinajstić information content (AvgIpc) is 3.01. The number of fused-ring (bicyclic) bond motifs is 1. The van der Waals surface area contributed by atoms with Gasteiger partial charge in [-0.15, -0.1) is 0 Å². The molecule has 0 aliphatic carbocycles. The molecule has 1 aliphatic rings. The second-order valence-electron chi connectivity index (χ2n) is 6.74. The molecular weight excluding hydrogens is 334 g/mol. The zero-order valence-corrected chi connectivity index (χ0v) is 15.7. The number of nitrogens with two attached hydrogens (primary N) is 1. The van der Waals surface area contributed by atoms with Crippen molar-refractivity contribution in [1.82, 2.24) is 19.5 Å². The van der Waals surface area contributed by atoms with Gasteiger partial charge in [0, 0.05) is 19.8 Å². The number of hydrogen-bond acceptors (Lipinski definition) is 7. The number of imidazole rings is 1. The SMILES string of the molecule is CCCCOc1nc(N)c2nc(OC)n(CCCC3CCCOC3)c2n1. The first-order valence-corrected chi connectivity index (χ1v) is 9.51. The molecule has 8 heteroatoms. The Balaban J connectivity index is 1.75. The highest BCUT2D eigenvalue weighted by atomic mass is 16.5. The zero-order chi connectivity index (χ0) is 18.4. The van der Waals surface area contributed by atoms with Crippen molar-refractivity contribution in [1.29, 1.82) is 0 Å². The highest BCUT2D eigenvalue weighted by Crippen LogP contribution is 2.27. The van der Waals surface area contributed by atoms with Gasteiger partial charge >= 0.3 is 6.01 Å². The normalized spacial score (nSPS) is 17.5. The van der Waals surface area contributed by atoms with E-state index >= 15 is 0 Å². The molecule has 1 aliphatic heterocycles. The van der Waals surface area contributed by atoms with Crippen molar-refractivity contribution < 1.29 is 14.2 Å². The van der Waals surface area contributed by atoms with Gasteiger partial charge in [-0.25, -0.2) is 0 Å². The van der Waals surface area contributed by atoms with Gasteiger partial charge in [-0.3, -0.25) is 4.57 Å². The van der Waals surface area contributed by atoms with Gasteiger partial charge in [0.2, 0.25) is 0 Å². The zero-order valence-electron chi connectivity index (χ0n) is 15.7. The summed E-state index contributed by atoms with van der Waals surface area (Å²) in [5.74, 6) is 0.955. The van der Waals surface area contributed by atoms with Crippen LogP contribution in [-0.2, 0) is 11.3 Å². The van der Waals surface area contributed by atoms with E-state index in [4.69, 9.17) is 19.9 Å². The van der Waals surface area contributed by atoms with Crippen LogP contribution in [0.2, 0.25) is 0 Å². The molecule has 1 atom stereocenters. The summed E-state index contributed by atoms with van der Waals surface area (Å²) in [6.45, 7) is 5.22. The number of anilines is 1. The summed E-state index contributed by atoms with van der Waals surface area (Å²) < 4.78 is 18.6. The van der Waals surface area contributed by atoms with E-state index < -0.39 is 0 Å². The molecule has 1 fully saturated rings. The molecule has 0 aromatic carbocycles. The van der Waals surface area contributed by atoms with Crippen molar-refractivity contribution in [3.05, 3.63) is 0 Å². The minimum atomic E-state index is 0.299. The molecule has 26 heavy (non-hydrogen) atoms. The highest BCUT2D eigenvalue weighted by Gasteiger charge is 2.19. The third-order valence-corrected chi connectivity index (χ3v) is 4.73. The van der Waals surface area contributed by atoms with Gasteiger partial charge in [-0.05, 0) is 38.0 Å². The molecule has 0 amide bonds. The number of rotatable bonds is 9. The van der Waals surface area contributed by atoms with Gasteiger partial charge in [0.25, 0.3) is 6.01 Å². The predicted octanol–water partition coefficient (Wildman–Crippen LogP) is 2.80. The third-order valence-electron chi connectivity index (χ3n) is 4.73. The summed E-state index contributed by atoms with van der Waals surface area (Å²) in [5, 5.41) is 0. The Hall–Kier alpha value is -2.09. The van der Waals surface area contributed by atoms with E-state index in [2.05, 4.69) is 21.9 Å². The lowest BCUT2D eigenvalue weighted by atomic mass is 9.97. The van der Waals surface area contributed by atoms with Crippen LogP contribution in [0.25, 0.3) is 11.2 Å². The first-order chi connectivity index (χ1) is 12.7. The van der Waals surface area contributed by atoms with Gasteiger partial charge < -0.3 is 19.9 Å². The van der Waals surface area contributed by atoms with Gasteiger partial charge in [-0.2, -0.15) is 15.0 Å². The van der Waals surface area contributed by atoms with Crippen LogP contribution in [0, 0.1) is 5.92 Å². The fourth-order valence-electron chi connectivity index (χ4n) is 3.28. The Morgan fingerprint density at radius 1 is 1.27 bits per heavy atom. The van der Waals surface area contributed by atoms with Gasteiger partial charge in [0.05, 0.1) is 13.7 Å². The smallest absolute Gasteiger partial charge is 0.320 e. The van der Waals surface area contributed by atoms with E-state index in [1.165, 1.54) is 6.42 Å². The molecule has 0 saturated carbocycles. The predicted molar refractivity (Wildman–Crippen MR) is 99.5 cm³/mol. The van der Waals surface area contributed by atoms with E-state index in [9.17, 15) is 0 Å². The Morgan fingerprint density at radius 2 is 2.15 bits per heavy atom. The van der Waals surface area contributed by atoms with Crippen LogP contribution in [0.5, 0.6) is 12.0 Å². The number of hydrogen-bond donors (Lipinski definition) is 1. The van der Waals surface area contributed by atoms with Crippen molar-refractivity contribution in [3.63, 3.8) is 0 Å². The maximum atomic E-state index is 6.06. The van der Waals surface area contributed by atoms with Crippen LogP contribution in [0.4, 0.5) is 5.82 Å². The van der Waals surface area contributed by atoms with Crippen molar-refractivity contribution in [2.24, 2.45) is 5.92 Å². The van der Waals surface area contributed by atoms with Crippen LogP contribution in [0.1, 0.15) is 45.4 Å². The number of methoxy groups -OCH3 is 1. The maximum Gasteiger partial charge on any atom is 0.320 e. The Labute approximate surface area is 154 Å². The maximum absolute atomic E-state index is 6.06. The molecular formula is C18H29N5O3. The number of nitrogens with zero attached hydrogens (tertiary/aromatic N) is 4. The van der Waals surface area contributed by atoms with Crippen molar-refractivity contribution in [2.75, 3.05) is 32.7 Å². The Bertz CT molecular complexity index is 712. The fourth-order valence-corrected chi connectivity index (χ4v) is 3.28. The number of aryl methyl sites for hydroxylation is 1. The Morgan fingerprint density at radius 3 is 2.88 bits per heavy atom. The molecule has 1 saturated heterocycles. The summed E-state index contributed by atoms with van der Waals surface area (Å²) in [6, 6.07) is 0.805. The largest absolute Gasteiger partial charge is 0.468 e. The first kappa shape index (κ1) is 18.7. The molecule has 3 heterocycles. The highest BCUT2D eigenvalue weighted by molar-refractivity contribution is 5.83. The van der Waals surface area contributed by atoms with Gasteiger partial charge in [0.15, 0.2) is 17.0 Å². The monoisotopic (exact) mass is 363 g/mol. The van der Waals surface area contributed by atoms with Gasteiger partial charge in [-0.1, -0.05) is 13.3 Å². The first-order valence-electron chi connectivity index (χ1n) is 9.51. The van der Waals surface area contributed by atoms with Crippen LogP contribution in [-0.4, -0.2) is 46.4 Å². The van der Waals surface area contributed by atoms with E-state index in [0.717, 1.165) is 51.9 Å². The average molecular weight is 363 g/mol. The molecule has 2 N–H and O–H groups in total. The molecule has 1 unspecified atom stereocenters. The lowest BCUT2D eigenvalue weighted by Gasteiger charge is -2.21. The molecule has 2 aromatic heterocycles. The number of ether oxygens (including phenoxy) is 3. The second kappa shape index (κ2) is 9.02. The summed E-state index contributed by atoms with van der Waals surface area (Å²) in [7, 11) is 1.61. The van der Waals surface area contributed by atoms with Crippen LogP contribution in [0.3, 0.4) is 0 Å². The minimum Gasteiger partial charge on any atom is -0.468 e. The Kier molecular flexibility index (Phi) is 6.49. The fraction of sp³-hybridized carbons (Fsp3) is 0.722. The summed E-state index contributed by atoms with van der Waals surface area (Å²) >= 11 is 0. The number of aromatic nitrogens is 4. The minimum absolute atomic E-state index is 0.299. The summed E-state index contributed by atoms with van der Waals surface area (Å²) in [4.78, 5) is 13.2. The topological polar surface area (TPSA) is 97.3 Å². The van der Waals surface area contributed by atoms with Crippen molar-refractivity contribution in [2.45, 2.75) is 52.0 Å². The van der Waals surface area contributed by atoms with Crippen LogP contribution < -0.4 is 15.2 Å². The van der Waals surface area contributed by atoms with E-state index in [-0.39, 0.29) is 0 Å². The molecule has 0 spiro atoms. The van der Waals surface area contributed by atoms with Crippen molar-refractivity contribution in [3.8, 4) is 12.0 Å². The molecule has 3 rings (SSSR count). The van der Waals surface area contributed by atoms with Crippen LogP contribution in [0.15, 0.2) is 0 Å². The van der Waals surface area contributed by atoms with Crippen LogP contribution >= 0.6 is 0 Å². The summed E-state index contributed by atoms with van der Waals surface area (Å²) in [5.41, 5.74) is 7.29. The van der Waals surface area contributed by atoms with Crippen molar-refractivity contribution >= 4 is 17.0 Å². The lowest BCUT2D eigenvalue weighted by molar-refractivity contribution is 0.0505.